The van der Waals surface area contributed by atoms with E-state index in [1.54, 1.807) is 16.6 Å². The molecule has 1 aliphatic carbocycles. The molecule has 2 fully saturated rings. The van der Waals surface area contributed by atoms with Crippen LogP contribution < -0.4 is 15.5 Å². The van der Waals surface area contributed by atoms with Gasteiger partial charge in [-0.05, 0) is 42.9 Å². The maximum absolute atomic E-state index is 13.9. The lowest BCUT2D eigenvalue weighted by Gasteiger charge is -2.18. The van der Waals surface area contributed by atoms with Crippen LogP contribution in [0.25, 0.3) is 5.65 Å². The number of alkyl halides is 1. The number of hydrogen-bond donors (Lipinski definition) is 3. The Morgan fingerprint density at radius 2 is 2.03 bits per heavy atom. The lowest BCUT2D eigenvalue weighted by Crippen LogP contribution is -2.25. The van der Waals surface area contributed by atoms with Crippen LogP contribution in [0.2, 0.25) is 0 Å². The van der Waals surface area contributed by atoms with Crippen molar-refractivity contribution in [3.63, 3.8) is 0 Å². The molecule has 3 aromatic rings. The molecule has 1 aliphatic heterocycles. The average Bonchev–Trinajstić information content (AvgIpc) is 3.19. The van der Waals surface area contributed by atoms with Crippen molar-refractivity contribution in [1.82, 2.24) is 19.6 Å². The van der Waals surface area contributed by atoms with Crippen LogP contribution in [0.3, 0.4) is 0 Å². The number of nitrogens with one attached hydrogen (secondary N) is 2. The average molecular weight is 454 g/mol. The van der Waals surface area contributed by atoms with E-state index in [-0.39, 0.29) is 12.0 Å². The van der Waals surface area contributed by atoms with Gasteiger partial charge in [0.15, 0.2) is 11.3 Å². The third kappa shape index (κ3) is 4.35. The van der Waals surface area contributed by atoms with Crippen LogP contribution in [0, 0.1) is 0 Å². The van der Waals surface area contributed by atoms with E-state index in [9.17, 15) is 14.3 Å². The van der Waals surface area contributed by atoms with Crippen LogP contribution in [0.15, 0.2) is 30.5 Å². The summed E-state index contributed by atoms with van der Waals surface area (Å²) in [6.45, 7) is 5.88. The van der Waals surface area contributed by atoms with Gasteiger partial charge in [0.2, 0.25) is 11.9 Å². The number of amides is 1. The minimum atomic E-state index is -1.69. The van der Waals surface area contributed by atoms with Gasteiger partial charge >= 0.3 is 0 Å². The molecule has 1 saturated carbocycles. The molecule has 33 heavy (non-hydrogen) atoms. The molecule has 0 radical (unpaired) electrons. The van der Waals surface area contributed by atoms with E-state index in [1.807, 2.05) is 23.2 Å². The predicted octanol–water partition coefficient (Wildman–Crippen LogP) is 2.87. The maximum Gasteiger partial charge on any atom is 0.262 e. The van der Waals surface area contributed by atoms with Crippen molar-refractivity contribution in [2.45, 2.75) is 57.3 Å². The molecule has 10 heteroatoms. The minimum absolute atomic E-state index is 0.254. The van der Waals surface area contributed by atoms with E-state index in [0.29, 0.717) is 56.5 Å². The summed E-state index contributed by atoms with van der Waals surface area (Å²) < 4.78 is 15.6. The molecular formula is C23H28FN7O2. The number of aliphatic hydroxyl groups excluding tert-OH is 1. The lowest BCUT2D eigenvalue weighted by molar-refractivity contribution is -0.122. The third-order valence-corrected chi connectivity index (χ3v) is 6.21. The zero-order chi connectivity index (χ0) is 23.2. The molecule has 2 aliphatic rings. The highest BCUT2D eigenvalue weighted by atomic mass is 19.1. The summed E-state index contributed by atoms with van der Waals surface area (Å²) in [4.78, 5) is 23.3. The Bertz CT molecular complexity index is 1170. The third-order valence-electron chi connectivity index (χ3n) is 6.21. The van der Waals surface area contributed by atoms with Crippen LogP contribution in [0.5, 0.6) is 0 Å². The molecule has 3 N–H and O–H groups in total. The number of hydrogen-bond acceptors (Lipinski definition) is 7. The largest absolute Gasteiger partial charge is 0.391 e. The van der Waals surface area contributed by atoms with Crippen molar-refractivity contribution in [3.05, 3.63) is 41.6 Å². The van der Waals surface area contributed by atoms with Crippen molar-refractivity contribution < 1.29 is 14.3 Å². The summed E-state index contributed by atoms with van der Waals surface area (Å²) in [5.41, 5.74) is 1.62. The minimum Gasteiger partial charge on any atom is -0.391 e. The smallest absolute Gasteiger partial charge is 0.262 e. The summed E-state index contributed by atoms with van der Waals surface area (Å²) in [5.74, 6) is 0.816. The Morgan fingerprint density at radius 1 is 1.27 bits per heavy atom. The molecule has 1 saturated heterocycles. The van der Waals surface area contributed by atoms with E-state index in [4.69, 9.17) is 9.97 Å². The molecule has 0 spiro atoms. The fourth-order valence-corrected chi connectivity index (χ4v) is 3.94. The summed E-state index contributed by atoms with van der Waals surface area (Å²) in [6.07, 6.45) is 2.72. The van der Waals surface area contributed by atoms with Crippen LogP contribution >= 0.6 is 0 Å². The topological polar surface area (TPSA) is 108 Å². The van der Waals surface area contributed by atoms with Crippen LogP contribution in [0.1, 0.15) is 50.2 Å². The Balaban J connectivity index is 1.35. The Morgan fingerprint density at radius 3 is 2.67 bits per heavy atom. The molecule has 9 nitrogen and oxygen atoms in total. The highest BCUT2D eigenvalue weighted by molar-refractivity contribution is 5.99. The summed E-state index contributed by atoms with van der Waals surface area (Å²) in [6, 6.07) is 7.27. The molecular weight excluding hydrogens is 425 g/mol. The first kappa shape index (κ1) is 21.6. The lowest BCUT2D eigenvalue weighted by atomic mass is 10.1. The quantitative estimate of drug-likeness (QED) is 0.505. The van der Waals surface area contributed by atoms with Gasteiger partial charge in [0.25, 0.3) is 5.91 Å². The number of carbonyl (C=O) groups excluding carboxylic acids is 1. The molecule has 1 atom stereocenters. The van der Waals surface area contributed by atoms with Gasteiger partial charge in [-0.25, -0.2) is 4.39 Å². The zero-order valence-corrected chi connectivity index (χ0v) is 18.8. The van der Waals surface area contributed by atoms with E-state index in [2.05, 4.69) is 29.6 Å². The summed E-state index contributed by atoms with van der Waals surface area (Å²) in [5, 5.41) is 20.4. The maximum atomic E-state index is 13.9. The van der Waals surface area contributed by atoms with Crippen LogP contribution in [-0.4, -0.2) is 55.5 Å². The normalized spacial score (nSPS) is 19.3. The number of anilines is 3. The standard InChI is InChI=1S/C23H28FN7O2/c1-14(2)18-12-26-31-19(18)28-22(30-10-7-17(32)13-30)29-21(31)25-11-15-3-5-16(6-4-15)27-20(33)23(24)8-9-23/h3-6,12,14,17,32H,7-11,13H2,1-2H3,(H,27,33)(H,25,28,29)/t17-/m1/s1. The number of nitrogens with zero attached hydrogens (tertiary/aromatic N) is 5. The first-order valence-corrected chi connectivity index (χ1v) is 11.3. The van der Waals surface area contributed by atoms with Crippen molar-refractivity contribution in [2.24, 2.45) is 0 Å². The number of rotatable bonds is 7. The monoisotopic (exact) mass is 453 g/mol. The molecule has 0 unspecified atom stereocenters. The van der Waals surface area contributed by atoms with Gasteiger partial charge in [0.05, 0.1) is 12.3 Å². The number of aromatic nitrogens is 4. The van der Waals surface area contributed by atoms with Crippen LogP contribution in [0.4, 0.5) is 22.0 Å². The van der Waals surface area contributed by atoms with Crippen molar-refractivity contribution in [3.8, 4) is 0 Å². The second-order valence-electron chi connectivity index (χ2n) is 9.20. The number of fused-ring (bicyclic) bond motifs is 1. The fraction of sp³-hybridized carbons (Fsp3) is 0.478. The van der Waals surface area contributed by atoms with Crippen molar-refractivity contribution >= 4 is 29.1 Å². The molecule has 5 rings (SSSR count). The Labute approximate surface area is 191 Å². The highest BCUT2D eigenvalue weighted by Gasteiger charge is 2.50. The van der Waals surface area contributed by atoms with E-state index in [0.717, 1.165) is 16.8 Å². The van der Waals surface area contributed by atoms with Gasteiger partial charge in [-0.15, -0.1) is 0 Å². The highest BCUT2D eigenvalue weighted by Crippen LogP contribution is 2.40. The van der Waals surface area contributed by atoms with Crippen molar-refractivity contribution in [1.29, 1.82) is 0 Å². The van der Waals surface area contributed by atoms with Gasteiger partial charge in [-0.1, -0.05) is 26.0 Å². The van der Waals surface area contributed by atoms with Gasteiger partial charge in [-0.2, -0.15) is 19.6 Å². The molecule has 1 amide bonds. The van der Waals surface area contributed by atoms with E-state index >= 15 is 0 Å². The van der Waals surface area contributed by atoms with Gasteiger partial charge in [0, 0.05) is 30.9 Å². The van der Waals surface area contributed by atoms with Gasteiger partial charge in [0.1, 0.15) is 0 Å². The van der Waals surface area contributed by atoms with Gasteiger partial charge < -0.3 is 20.6 Å². The second-order valence-corrected chi connectivity index (χ2v) is 9.20. The Kier molecular flexibility index (Phi) is 5.40. The molecule has 174 valence electrons. The first-order chi connectivity index (χ1) is 15.8. The SMILES string of the molecule is CC(C)c1cnn2c(NCc3ccc(NC(=O)C4(F)CC4)cc3)nc(N3CC[C@@H](O)C3)nc12. The molecule has 2 aromatic heterocycles. The zero-order valence-electron chi connectivity index (χ0n) is 18.8. The number of β-amino-alcohol motifs (C(OH)–C–C–N with tert-alkyl or cyclic N) is 1. The van der Waals surface area contributed by atoms with E-state index in [1.165, 1.54) is 0 Å². The number of halogens is 1. The first-order valence-electron chi connectivity index (χ1n) is 11.3. The van der Waals surface area contributed by atoms with Gasteiger partial charge in [-0.3, -0.25) is 4.79 Å². The Hall–Kier alpha value is -3.27. The second kappa shape index (κ2) is 8.26. The van der Waals surface area contributed by atoms with E-state index < -0.39 is 11.6 Å². The summed E-state index contributed by atoms with van der Waals surface area (Å²) in [7, 11) is 0. The molecule has 0 bridgehead atoms. The number of carbonyl (C=O) groups is 1. The van der Waals surface area contributed by atoms with Crippen LogP contribution in [-0.2, 0) is 11.3 Å². The predicted molar refractivity (Wildman–Crippen MR) is 123 cm³/mol. The molecule has 1 aromatic carbocycles. The van der Waals surface area contributed by atoms with Crippen molar-refractivity contribution in [2.75, 3.05) is 28.6 Å². The number of aliphatic hydroxyl groups is 1. The summed E-state index contributed by atoms with van der Waals surface area (Å²) >= 11 is 0. The molecule has 3 heterocycles. The number of benzene rings is 1. The fourth-order valence-electron chi connectivity index (χ4n) is 3.94.